The van der Waals surface area contributed by atoms with Crippen LogP contribution in [0.5, 0.6) is 11.5 Å². The van der Waals surface area contributed by atoms with E-state index in [9.17, 15) is 14.7 Å². The fourth-order valence-corrected chi connectivity index (χ4v) is 5.03. The van der Waals surface area contributed by atoms with Crippen molar-refractivity contribution in [3.8, 4) is 11.5 Å². The van der Waals surface area contributed by atoms with E-state index >= 15 is 0 Å². The van der Waals surface area contributed by atoms with Gasteiger partial charge in [-0.2, -0.15) is 0 Å². The van der Waals surface area contributed by atoms with Gasteiger partial charge in [-0.25, -0.2) is 0 Å². The van der Waals surface area contributed by atoms with Gasteiger partial charge in [0, 0.05) is 6.42 Å². The van der Waals surface area contributed by atoms with Gasteiger partial charge in [-0.05, 0) is 43.2 Å². The lowest BCUT2D eigenvalue weighted by molar-refractivity contribution is 0.0970. The first-order valence-electron chi connectivity index (χ1n) is 10.7. The zero-order chi connectivity index (χ0) is 23.1. The molecule has 0 saturated carbocycles. The lowest BCUT2D eigenvalue weighted by Crippen LogP contribution is -2.29. The van der Waals surface area contributed by atoms with Gasteiger partial charge in [-0.3, -0.25) is 14.5 Å². The maximum atomic E-state index is 13.6. The number of hydrogen-bond donors (Lipinski definition) is 1. The van der Waals surface area contributed by atoms with Crippen molar-refractivity contribution in [3.63, 3.8) is 0 Å². The van der Waals surface area contributed by atoms with Crippen molar-refractivity contribution in [3.05, 3.63) is 74.6 Å². The molecular formula is C24H21N3O5S. The van der Waals surface area contributed by atoms with Gasteiger partial charge in [0.25, 0.3) is 5.91 Å². The molecule has 2 aromatic carbocycles. The smallest absolute Gasteiger partial charge is 0.297 e. The molecule has 1 N–H and O–H groups in total. The predicted octanol–water partition coefficient (Wildman–Crippen LogP) is 4.45. The SMILES string of the molecule is CCCc1nnc(N2C(=O)c3oc4ccccc4c(=O)c3C2c2ccc(O)c(OCC)c2)s1. The van der Waals surface area contributed by atoms with Gasteiger partial charge >= 0.3 is 0 Å². The van der Waals surface area contributed by atoms with E-state index in [2.05, 4.69) is 10.2 Å². The van der Waals surface area contributed by atoms with Crippen molar-refractivity contribution in [2.75, 3.05) is 11.5 Å². The summed E-state index contributed by atoms with van der Waals surface area (Å²) in [6, 6.07) is 10.9. The highest BCUT2D eigenvalue weighted by Crippen LogP contribution is 2.43. The molecule has 1 atom stereocenters. The number of phenols is 1. The molecule has 9 heteroatoms. The van der Waals surface area contributed by atoms with Crippen LogP contribution in [0, 0.1) is 0 Å². The summed E-state index contributed by atoms with van der Waals surface area (Å²) in [6.45, 7) is 4.20. The number of carbonyl (C=O) groups is 1. The van der Waals surface area contributed by atoms with E-state index in [1.807, 2.05) is 13.8 Å². The maximum Gasteiger partial charge on any atom is 0.297 e. The summed E-state index contributed by atoms with van der Waals surface area (Å²) < 4.78 is 11.5. The average Bonchev–Trinajstić information content (AvgIpc) is 3.38. The molecule has 1 amide bonds. The summed E-state index contributed by atoms with van der Waals surface area (Å²) in [7, 11) is 0. The van der Waals surface area contributed by atoms with E-state index in [1.165, 1.54) is 22.3 Å². The molecule has 3 heterocycles. The van der Waals surface area contributed by atoms with E-state index in [0.29, 0.717) is 28.3 Å². The van der Waals surface area contributed by atoms with Gasteiger partial charge in [-0.15, -0.1) is 10.2 Å². The minimum Gasteiger partial charge on any atom is -0.504 e. The van der Waals surface area contributed by atoms with Crippen LogP contribution < -0.4 is 15.1 Å². The molecule has 33 heavy (non-hydrogen) atoms. The second-order valence-corrected chi connectivity index (χ2v) is 8.68. The molecule has 4 aromatic rings. The van der Waals surface area contributed by atoms with Crippen molar-refractivity contribution in [2.45, 2.75) is 32.7 Å². The Morgan fingerprint density at radius 2 is 1.97 bits per heavy atom. The second-order valence-electron chi connectivity index (χ2n) is 7.64. The number of para-hydroxylation sites is 1. The molecule has 5 rings (SSSR count). The van der Waals surface area contributed by atoms with Gasteiger partial charge in [-0.1, -0.05) is 36.5 Å². The normalized spacial score (nSPS) is 15.3. The molecule has 0 radical (unpaired) electrons. The van der Waals surface area contributed by atoms with Crippen molar-refractivity contribution in [1.82, 2.24) is 10.2 Å². The first-order chi connectivity index (χ1) is 16.0. The number of amides is 1. The zero-order valence-corrected chi connectivity index (χ0v) is 18.9. The van der Waals surface area contributed by atoms with E-state index in [1.54, 1.807) is 36.4 Å². The largest absolute Gasteiger partial charge is 0.504 e. The van der Waals surface area contributed by atoms with Crippen LogP contribution in [0.15, 0.2) is 51.7 Å². The monoisotopic (exact) mass is 463 g/mol. The Hall–Kier alpha value is -3.72. The van der Waals surface area contributed by atoms with Gasteiger partial charge < -0.3 is 14.3 Å². The topological polar surface area (TPSA) is 106 Å². The molecule has 168 valence electrons. The van der Waals surface area contributed by atoms with Crippen LogP contribution >= 0.6 is 11.3 Å². The van der Waals surface area contributed by atoms with Crippen molar-refractivity contribution < 1.29 is 19.1 Å². The van der Waals surface area contributed by atoms with Crippen LogP contribution in [0.4, 0.5) is 5.13 Å². The van der Waals surface area contributed by atoms with E-state index in [0.717, 1.165) is 17.8 Å². The Morgan fingerprint density at radius 1 is 1.15 bits per heavy atom. The minimum atomic E-state index is -0.796. The Kier molecular flexibility index (Phi) is 5.33. The number of aryl methyl sites for hydroxylation is 1. The highest BCUT2D eigenvalue weighted by atomic mass is 32.1. The third-order valence-corrected chi connectivity index (χ3v) is 6.49. The van der Waals surface area contributed by atoms with Crippen molar-refractivity contribution in [1.29, 1.82) is 0 Å². The van der Waals surface area contributed by atoms with Crippen LogP contribution in [0.3, 0.4) is 0 Å². The van der Waals surface area contributed by atoms with Crippen LogP contribution in [-0.2, 0) is 6.42 Å². The molecule has 8 nitrogen and oxygen atoms in total. The number of phenolic OH excluding ortho intramolecular Hbond substituents is 1. The molecule has 0 saturated heterocycles. The molecule has 0 spiro atoms. The number of rotatable bonds is 6. The highest BCUT2D eigenvalue weighted by molar-refractivity contribution is 7.15. The Morgan fingerprint density at radius 3 is 2.76 bits per heavy atom. The molecule has 0 aliphatic carbocycles. The summed E-state index contributed by atoms with van der Waals surface area (Å²) in [5, 5.41) is 20.2. The van der Waals surface area contributed by atoms with E-state index < -0.39 is 11.9 Å². The first-order valence-corrected chi connectivity index (χ1v) is 11.5. The maximum absolute atomic E-state index is 13.6. The van der Waals surface area contributed by atoms with Crippen LogP contribution in [-0.4, -0.2) is 27.8 Å². The van der Waals surface area contributed by atoms with Gasteiger partial charge in [0.15, 0.2) is 16.9 Å². The lowest BCUT2D eigenvalue weighted by atomic mass is 9.98. The predicted molar refractivity (Wildman–Crippen MR) is 124 cm³/mol. The summed E-state index contributed by atoms with van der Waals surface area (Å²) in [5.74, 6) is -0.224. The number of ether oxygens (including phenoxy) is 1. The van der Waals surface area contributed by atoms with E-state index in [4.69, 9.17) is 9.15 Å². The lowest BCUT2D eigenvalue weighted by Gasteiger charge is -2.22. The van der Waals surface area contributed by atoms with Crippen LogP contribution in [0.2, 0.25) is 0 Å². The Labute approximate surface area is 193 Å². The third-order valence-electron chi connectivity index (χ3n) is 5.50. The van der Waals surface area contributed by atoms with E-state index in [-0.39, 0.29) is 28.3 Å². The van der Waals surface area contributed by atoms with Crippen molar-refractivity contribution >= 4 is 33.3 Å². The number of nitrogens with zero attached hydrogens (tertiary/aromatic N) is 3. The summed E-state index contributed by atoms with van der Waals surface area (Å²) >= 11 is 1.31. The quantitative estimate of drug-likeness (QED) is 0.450. The number of anilines is 1. The Bertz CT molecular complexity index is 1430. The fraction of sp³-hybridized carbons (Fsp3) is 0.250. The van der Waals surface area contributed by atoms with Crippen LogP contribution in [0.1, 0.15) is 53.0 Å². The second kappa shape index (κ2) is 8.32. The molecule has 2 aromatic heterocycles. The first kappa shape index (κ1) is 21.1. The minimum absolute atomic E-state index is 0.0121. The van der Waals surface area contributed by atoms with Crippen LogP contribution in [0.25, 0.3) is 11.0 Å². The highest BCUT2D eigenvalue weighted by Gasteiger charge is 2.45. The average molecular weight is 464 g/mol. The van der Waals surface area contributed by atoms with Gasteiger partial charge in [0.1, 0.15) is 10.6 Å². The van der Waals surface area contributed by atoms with Gasteiger partial charge in [0.2, 0.25) is 10.9 Å². The summed E-state index contributed by atoms with van der Waals surface area (Å²) in [5.41, 5.74) is 0.897. The zero-order valence-electron chi connectivity index (χ0n) is 18.1. The molecule has 1 aliphatic heterocycles. The molecule has 1 aliphatic rings. The van der Waals surface area contributed by atoms with Crippen molar-refractivity contribution in [2.24, 2.45) is 0 Å². The molecule has 0 fully saturated rings. The number of aromatic hydroxyl groups is 1. The summed E-state index contributed by atoms with van der Waals surface area (Å²) in [4.78, 5) is 28.6. The third kappa shape index (κ3) is 3.45. The molecule has 0 bridgehead atoms. The fourth-order valence-electron chi connectivity index (χ4n) is 4.06. The standard InChI is InChI=1S/C24H21N3O5S/c1-3-7-18-25-26-24(33-18)27-20(13-10-11-15(28)17(12-13)31-4-2)19-21(29)14-8-5-6-9-16(14)32-22(19)23(27)30/h5-6,8-12,20,28H,3-4,7H2,1-2H3. The Balaban J connectivity index is 1.75. The molecular weight excluding hydrogens is 442 g/mol. The number of carbonyl (C=O) groups excluding carboxylic acids is 1. The number of aromatic nitrogens is 2. The number of benzene rings is 2. The number of fused-ring (bicyclic) bond motifs is 2. The van der Waals surface area contributed by atoms with Gasteiger partial charge in [0.05, 0.1) is 23.6 Å². The summed E-state index contributed by atoms with van der Waals surface area (Å²) in [6.07, 6.45) is 1.64. The molecule has 1 unspecified atom stereocenters. The number of hydrogen-bond acceptors (Lipinski definition) is 8.